The minimum Gasteiger partial charge on any atom is -0.495 e. The fourth-order valence-electron chi connectivity index (χ4n) is 1.29. The summed E-state index contributed by atoms with van der Waals surface area (Å²) in [4.78, 5) is 10.7. The van der Waals surface area contributed by atoms with Crippen LogP contribution in [0.5, 0.6) is 5.75 Å². The first-order chi connectivity index (χ1) is 7.63. The average Bonchev–Trinajstić information content (AvgIpc) is 2.24. The quantitative estimate of drug-likeness (QED) is 0.781. The summed E-state index contributed by atoms with van der Waals surface area (Å²) in [5.74, 6) is 0.875. The minimum absolute atomic E-state index is 0.206. The molecule has 0 atom stereocenters. The Kier molecular flexibility index (Phi) is 5.06. The molecule has 0 spiro atoms. The predicted octanol–water partition coefficient (Wildman–Crippen LogP) is 3.73. The van der Waals surface area contributed by atoms with Crippen LogP contribution in [0.4, 0.5) is 0 Å². The third kappa shape index (κ3) is 4.07. The molecule has 3 heteroatoms. The number of methoxy groups -OCH3 is 1. The molecule has 1 rings (SSSR count). The van der Waals surface area contributed by atoms with E-state index < -0.39 is 0 Å². The summed E-state index contributed by atoms with van der Waals surface area (Å²) >= 11 is 5.98. The van der Waals surface area contributed by atoms with Gasteiger partial charge in [-0.2, -0.15) is 0 Å². The molecule has 0 N–H and O–H groups in total. The number of ketones is 1. The molecule has 1 aromatic carbocycles. The largest absolute Gasteiger partial charge is 0.495 e. The van der Waals surface area contributed by atoms with Crippen molar-refractivity contribution < 1.29 is 9.53 Å². The second-order valence-corrected chi connectivity index (χ2v) is 3.94. The molecule has 0 fully saturated rings. The number of halogens is 1. The van der Waals surface area contributed by atoms with Crippen LogP contribution < -0.4 is 4.74 Å². The van der Waals surface area contributed by atoms with E-state index in [0.717, 1.165) is 12.0 Å². The Hall–Kier alpha value is -1.28. The number of rotatable bonds is 5. The molecule has 16 heavy (non-hydrogen) atoms. The van der Waals surface area contributed by atoms with Gasteiger partial charge in [0.05, 0.1) is 12.1 Å². The van der Waals surface area contributed by atoms with E-state index in [9.17, 15) is 4.79 Å². The van der Waals surface area contributed by atoms with E-state index in [2.05, 4.69) is 0 Å². The highest BCUT2D eigenvalue weighted by Crippen LogP contribution is 2.25. The van der Waals surface area contributed by atoms with Gasteiger partial charge in [-0.1, -0.05) is 29.8 Å². The van der Waals surface area contributed by atoms with Crippen molar-refractivity contribution in [2.45, 2.75) is 19.8 Å². The Morgan fingerprint density at radius 2 is 2.25 bits per heavy atom. The molecule has 0 unspecified atom stereocenters. The molecule has 1 aromatic rings. The topological polar surface area (TPSA) is 26.3 Å². The zero-order valence-electron chi connectivity index (χ0n) is 9.50. The van der Waals surface area contributed by atoms with E-state index in [1.165, 1.54) is 0 Å². The highest BCUT2D eigenvalue weighted by atomic mass is 35.5. The third-order valence-corrected chi connectivity index (χ3v) is 2.44. The van der Waals surface area contributed by atoms with Crippen LogP contribution >= 0.6 is 11.6 Å². The van der Waals surface area contributed by atoms with Crippen LogP contribution in [0.2, 0.25) is 5.02 Å². The highest BCUT2D eigenvalue weighted by Gasteiger charge is 1.99. The number of carbonyl (C=O) groups excluding carboxylic acids is 1. The number of Topliss-reactive ketones (excluding diaryl/α,β-unsaturated/α-hetero) is 1. The van der Waals surface area contributed by atoms with Crippen LogP contribution in [0.1, 0.15) is 25.3 Å². The Balaban J connectivity index is 2.61. The SMILES string of the molecule is COc1ccc(/C=C/CCC(C)=O)cc1Cl. The molecule has 0 aromatic heterocycles. The summed E-state index contributed by atoms with van der Waals surface area (Å²) in [5.41, 5.74) is 1.01. The second kappa shape index (κ2) is 6.33. The van der Waals surface area contributed by atoms with E-state index in [1.54, 1.807) is 14.0 Å². The van der Waals surface area contributed by atoms with Crippen molar-refractivity contribution in [2.75, 3.05) is 7.11 Å². The van der Waals surface area contributed by atoms with Gasteiger partial charge in [0.2, 0.25) is 0 Å². The molecule has 0 aliphatic rings. The zero-order chi connectivity index (χ0) is 12.0. The van der Waals surface area contributed by atoms with Crippen LogP contribution in [0.25, 0.3) is 6.08 Å². The van der Waals surface area contributed by atoms with Gasteiger partial charge in [0.1, 0.15) is 11.5 Å². The van der Waals surface area contributed by atoms with Crippen LogP contribution in [0.3, 0.4) is 0 Å². The Morgan fingerprint density at radius 1 is 1.50 bits per heavy atom. The first kappa shape index (κ1) is 12.8. The predicted molar refractivity (Wildman–Crippen MR) is 67.0 cm³/mol. The van der Waals surface area contributed by atoms with Gasteiger partial charge in [0.15, 0.2) is 0 Å². The first-order valence-electron chi connectivity index (χ1n) is 5.13. The van der Waals surface area contributed by atoms with E-state index in [4.69, 9.17) is 16.3 Å². The van der Waals surface area contributed by atoms with E-state index >= 15 is 0 Å². The number of benzene rings is 1. The molecule has 0 saturated carbocycles. The van der Waals surface area contributed by atoms with Crippen LogP contribution in [-0.4, -0.2) is 12.9 Å². The molecular formula is C13H15ClO2. The van der Waals surface area contributed by atoms with Gasteiger partial charge in [-0.05, 0) is 31.0 Å². The van der Waals surface area contributed by atoms with Crippen LogP contribution in [0.15, 0.2) is 24.3 Å². The lowest BCUT2D eigenvalue weighted by molar-refractivity contribution is -0.116. The van der Waals surface area contributed by atoms with E-state index in [1.807, 2.05) is 30.4 Å². The van der Waals surface area contributed by atoms with Crippen molar-refractivity contribution in [2.24, 2.45) is 0 Å². The third-order valence-electron chi connectivity index (χ3n) is 2.15. The summed E-state index contributed by atoms with van der Waals surface area (Å²) < 4.78 is 5.06. The number of carbonyl (C=O) groups is 1. The van der Waals surface area contributed by atoms with Crippen molar-refractivity contribution in [1.82, 2.24) is 0 Å². The lowest BCUT2D eigenvalue weighted by Crippen LogP contribution is -1.86. The molecule has 0 amide bonds. The van der Waals surface area contributed by atoms with Gasteiger partial charge >= 0.3 is 0 Å². The molecular weight excluding hydrogens is 224 g/mol. The number of ether oxygens (including phenoxy) is 1. The maximum absolute atomic E-state index is 10.7. The molecule has 0 aliphatic heterocycles. The monoisotopic (exact) mass is 238 g/mol. The number of hydrogen-bond donors (Lipinski definition) is 0. The van der Waals surface area contributed by atoms with Gasteiger partial charge < -0.3 is 9.53 Å². The smallest absolute Gasteiger partial charge is 0.137 e. The summed E-state index contributed by atoms with van der Waals surface area (Å²) in [6.45, 7) is 1.60. The molecule has 86 valence electrons. The molecule has 0 bridgehead atoms. The Bertz CT molecular complexity index is 397. The fraction of sp³-hybridized carbons (Fsp3) is 0.308. The Morgan fingerprint density at radius 3 is 2.81 bits per heavy atom. The minimum atomic E-state index is 0.206. The summed E-state index contributed by atoms with van der Waals surface area (Å²) in [6.07, 6.45) is 5.27. The van der Waals surface area contributed by atoms with Crippen molar-refractivity contribution in [3.63, 3.8) is 0 Å². The molecule has 0 heterocycles. The molecule has 0 radical (unpaired) electrons. The molecule has 0 aliphatic carbocycles. The van der Waals surface area contributed by atoms with Gasteiger partial charge in [-0.25, -0.2) is 0 Å². The van der Waals surface area contributed by atoms with Crippen LogP contribution in [0, 0.1) is 0 Å². The zero-order valence-corrected chi connectivity index (χ0v) is 10.3. The van der Waals surface area contributed by atoms with E-state index in [-0.39, 0.29) is 5.78 Å². The first-order valence-corrected chi connectivity index (χ1v) is 5.51. The fourth-order valence-corrected chi connectivity index (χ4v) is 1.56. The standard InChI is InChI=1S/C13H15ClO2/c1-10(15)5-3-4-6-11-7-8-13(16-2)12(14)9-11/h4,6-9H,3,5H2,1-2H3/b6-4+. The highest BCUT2D eigenvalue weighted by molar-refractivity contribution is 6.32. The van der Waals surface area contributed by atoms with E-state index in [0.29, 0.717) is 17.2 Å². The second-order valence-electron chi connectivity index (χ2n) is 3.54. The maximum atomic E-state index is 10.7. The normalized spacial score (nSPS) is 10.7. The number of hydrogen-bond acceptors (Lipinski definition) is 2. The van der Waals surface area contributed by atoms with Crippen molar-refractivity contribution in [3.8, 4) is 5.75 Å². The maximum Gasteiger partial charge on any atom is 0.137 e. The summed E-state index contributed by atoms with van der Waals surface area (Å²) in [5, 5.41) is 0.594. The molecule has 0 saturated heterocycles. The van der Waals surface area contributed by atoms with Crippen molar-refractivity contribution in [3.05, 3.63) is 34.9 Å². The van der Waals surface area contributed by atoms with Gasteiger partial charge in [0, 0.05) is 6.42 Å². The summed E-state index contributed by atoms with van der Waals surface area (Å²) in [6, 6.07) is 5.59. The van der Waals surface area contributed by atoms with Gasteiger partial charge in [0.25, 0.3) is 0 Å². The lowest BCUT2D eigenvalue weighted by atomic mass is 10.1. The van der Waals surface area contributed by atoms with Gasteiger partial charge in [-0.3, -0.25) is 0 Å². The van der Waals surface area contributed by atoms with Crippen LogP contribution in [-0.2, 0) is 4.79 Å². The average molecular weight is 239 g/mol. The van der Waals surface area contributed by atoms with Crippen molar-refractivity contribution >= 4 is 23.5 Å². The lowest BCUT2D eigenvalue weighted by Gasteiger charge is -2.02. The van der Waals surface area contributed by atoms with Gasteiger partial charge in [-0.15, -0.1) is 0 Å². The Labute approximate surface area is 101 Å². The summed E-state index contributed by atoms with van der Waals surface area (Å²) in [7, 11) is 1.59. The number of allylic oxidation sites excluding steroid dienone is 1. The molecule has 2 nitrogen and oxygen atoms in total. The van der Waals surface area contributed by atoms with Crippen molar-refractivity contribution in [1.29, 1.82) is 0 Å².